The Morgan fingerprint density at radius 3 is 2.65 bits per heavy atom. The SMILES string of the molecule is COC[C@]12CC[C@](C)(O)CC1=CC[C@@H]1[C@@H]2CC[C@]2(C)[C@@H]([C@H](C)CCC(=O)OC)CC[C@@H]12. The molecule has 0 saturated heterocycles. The summed E-state index contributed by atoms with van der Waals surface area (Å²) >= 11 is 0. The molecule has 1 N–H and O–H groups in total. The van der Waals surface area contributed by atoms with Crippen molar-refractivity contribution in [2.24, 2.45) is 40.4 Å². The first-order valence-electron chi connectivity index (χ1n) is 12.6. The first-order valence-corrected chi connectivity index (χ1v) is 12.6. The van der Waals surface area contributed by atoms with Crippen molar-refractivity contribution in [1.82, 2.24) is 0 Å². The smallest absolute Gasteiger partial charge is 0.305 e. The van der Waals surface area contributed by atoms with Gasteiger partial charge in [-0.1, -0.05) is 25.5 Å². The van der Waals surface area contributed by atoms with Crippen molar-refractivity contribution >= 4 is 5.97 Å². The highest BCUT2D eigenvalue weighted by Crippen LogP contribution is 2.67. The number of carbonyl (C=O) groups is 1. The van der Waals surface area contributed by atoms with Crippen molar-refractivity contribution in [3.05, 3.63) is 11.6 Å². The van der Waals surface area contributed by atoms with Crippen LogP contribution in [0.15, 0.2) is 11.6 Å². The Hall–Kier alpha value is -0.870. The Labute approximate surface area is 189 Å². The molecule has 0 unspecified atom stereocenters. The van der Waals surface area contributed by atoms with E-state index in [1.807, 2.05) is 14.0 Å². The summed E-state index contributed by atoms with van der Waals surface area (Å²) in [6, 6.07) is 0. The van der Waals surface area contributed by atoms with E-state index in [-0.39, 0.29) is 11.4 Å². The van der Waals surface area contributed by atoms with Gasteiger partial charge in [-0.15, -0.1) is 0 Å². The quantitative estimate of drug-likeness (QED) is 0.443. The van der Waals surface area contributed by atoms with Gasteiger partial charge in [-0.2, -0.15) is 0 Å². The molecule has 0 aromatic heterocycles. The molecule has 31 heavy (non-hydrogen) atoms. The highest BCUT2D eigenvalue weighted by molar-refractivity contribution is 5.69. The molecule has 0 heterocycles. The van der Waals surface area contributed by atoms with Crippen molar-refractivity contribution in [2.75, 3.05) is 20.8 Å². The first-order chi connectivity index (χ1) is 14.7. The molecule has 8 atom stereocenters. The van der Waals surface area contributed by atoms with Gasteiger partial charge in [0, 0.05) is 18.9 Å². The number of methoxy groups -OCH3 is 2. The minimum absolute atomic E-state index is 0.0742. The van der Waals surface area contributed by atoms with Crippen LogP contribution in [0, 0.1) is 40.4 Å². The molecular weight excluding hydrogens is 388 g/mol. The summed E-state index contributed by atoms with van der Waals surface area (Å²) in [4.78, 5) is 11.7. The molecular formula is C27H44O4. The lowest BCUT2D eigenvalue weighted by molar-refractivity contribution is -0.141. The van der Waals surface area contributed by atoms with E-state index in [1.54, 1.807) is 0 Å². The fourth-order valence-corrected chi connectivity index (χ4v) is 8.76. The fraction of sp³-hybridized carbons (Fsp3) is 0.889. The summed E-state index contributed by atoms with van der Waals surface area (Å²) in [5.41, 5.74) is 1.44. The van der Waals surface area contributed by atoms with Crippen LogP contribution in [0.25, 0.3) is 0 Å². The summed E-state index contributed by atoms with van der Waals surface area (Å²) in [7, 11) is 3.34. The number of hydrogen-bond donors (Lipinski definition) is 1. The van der Waals surface area contributed by atoms with Crippen LogP contribution in [0.2, 0.25) is 0 Å². The molecule has 3 fully saturated rings. The number of fused-ring (bicyclic) bond motifs is 5. The van der Waals surface area contributed by atoms with Crippen molar-refractivity contribution < 1.29 is 19.4 Å². The number of aliphatic hydroxyl groups is 1. The van der Waals surface area contributed by atoms with E-state index in [9.17, 15) is 9.90 Å². The third-order valence-corrected chi connectivity index (χ3v) is 10.3. The molecule has 176 valence electrons. The van der Waals surface area contributed by atoms with Crippen LogP contribution in [0.5, 0.6) is 0 Å². The zero-order valence-electron chi connectivity index (χ0n) is 20.4. The van der Waals surface area contributed by atoms with E-state index in [2.05, 4.69) is 19.9 Å². The molecule has 0 aromatic carbocycles. The molecule has 4 rings (SSSR count). The molecule has 3 saturated carbocycles. The van der Waals surface area contributed by atoms with Crippen LogP contribution in [-0.2, 0) is 14.3 Å². The maximum absolute atomic E-state index is 11.7. The number of ether oxygens (including phenoxy) is 2. The first kappa shape index (κ1) is 23.3. The van der Waals surface area contributed by atoms with Gasteiger partial charge in [0.1, 0.15) is 0 Å². The van der Waals surface area contributed by atoms with Crippen LogP contribution in [0.4, 0.5) is 0 Å². The summed E-state index contributed by atoms with van der Waals surface area (Å²) in [6.07, 6.45) is 13.1. The molecule has 0 aliphatic heterocycles. The zero-order valence-corrected chi connectivity index (χ0v) is 20.4. The predicted molar refractivity (Wildman–Crippen MR) is 122 cm³/mol. The average molecular weight is 433 g/mol. The second-order valence-corrected chi connectivity index (χ2v) is 11.9. The predicted octanol–water partition coefficient (Wildman–Crippen LogP) is 5.53. The second kappa shape index (κ2) is 8.48. The molecule has 0 aromatic rings. The van der Waals surface area contributed by atoms with Gasteiger partial charge in [-0.3, -0.25) is 4.79 Å². The monoisotopic (exact) mass is 432 g/mol. The van der Waals surface area contributed by atoms with Crippen LogP contribution < -0.4 is 0 Å². The van der Waals surface area contributed by atoms with Gasteiger partial charge in [-0.25, -0.2) is 0 Å². The van der Waals surface area contributed by atoms with Crippen LogP contribution in [0.1, 0.15) is 85.0 Å². The van der Waals surface area contributed by atoms with Gasteiger partial charge in [-0.05, 0) is 99.7 Å². The van der Waals surface area contributed by atoms with Crippen molar-refractivity contribution in [1.29, 1.82) is 0 Å². The maximum atomic E-state index is 11.7. The standard InChI is InChI=1S/C27H44O4/c1-18(6-11-24(28)31-5)21-9-10-22-20-8-7-19-16-25(2,29)14-15-27(19,17-30-4)23(20)12-13-26(21,22)3/h7,18,20-23,29H,6,8-17H2,1-5H3/t18-,20+,21-,22+,23+,25+,26-,27-/m1/s1. The van der Waals surface area contributed by atoms with E-state index >= 15 is 0 Å². The van der Waals surface area contributed by atoms with Crippen LogP contribution in [0.3, 0.4) is 0 Å². The Bertz CT molecular complexity index is 712. The van der Waals surface area contributed by atoms with E-state index in [0.717, 1.165) is 44.1 Å². The summed E-state index contributed by atoms with van der Waals surface area (Å²) in [5.74, 6) is 3.39. The normalized spacial score (nSPS) is 45.2. The maximum Gasteiger partial charge on any atom is 0.305 e. The van der Waals surface area contributed by atoms with E-state index in [4.69, 9.17) is 9.47 Å². The molecule has 0 amide bonds. The van der Waals surface area contributed by atoms with Crippen molar-refractivity contribution in [2.45, 2.75) is 90.6 Å². The highest BCUT2D eigenvalue weighted by atomic mass is 16.5. The molecule has 4 aliphatic carbocycles. The lowest BCUT2D eigenvalue weighted by atomic mass is 9.46. The summed E-state index contributed by atoms with van der Waals surface area (Å²) in [5, 5.41) is 10.8. The largest absolute Gasteiger partial charge is 0.469 e. The van der Waals surface area contributed by atoms with Gasteiger partial charge >= 0.3 is 5.97 Å². The van der Waals surface area contributed by atoms with Gasteiger partial charge in [0.15, 0.2) is 0 Å². The zero-order chi connectivity index (χ0) is 22.4. The van der Waals surface area contributed by atoms with E-state index in [1.165, 1.54) is 44.8 Å². The Morgan fingerprint density at radius 1 is 1.16 bits per heavy atom. The number of rotatable bonds is 6. The molecule has 4 nitrogen and oxygen atoms in total. The minimum Gasteiger partial charge on any atom is -0.469 e. The number of carbonyl (C=O) groups excluding carboxylic acids is 1. The number of allylic oxidation sites excluding steroid dienone is 1. The topological polar surface area (TPSA) is 55.8 Å². The third kappa shape index (κ3) is 3.90. The van der Waals surface area contributed by atoms with Crippen molar-refractivity contribution in [3.63, 3.8) is 0 Å². The number of hydrogen-bond acceptors (Lipinski definition) is 4. The summed E-state index contributed by atoms with van der Waals surface area (Å²) in [6.45, 7) is 7.74. The Balaban J connectivity index is 1.56. The van der Waals surface area contributed by atoms with Gasteiger partial charge < -0.3 is 14.6 Å². The van der Waals surface area contributed by atoms with Crippen molar-refractivity contribution in [3.8, 4) is 0 Å². The van der Waals surface area contributed by atoms with Crippen LogP contribution >= 0.6 is 0 Å². The molecule has 0 bridgehead atoms. The van der Waals surface area contributed by atoms with E-state index in [0.29, 0.717) is 29.6 Å². The highest BCUT2D eigenvalue weighted by Gasteiger charge is 2.60. The molecule has 4 aliphatic rings. The fourth-order valence-electron chi connectivity index (χ4n) is 8.76. The minimum atomic E-state index is -0.563. The third-order valence-electron chi connectivity index (χ3n) is 10.3. The average Bonchev–Trinajstić information content (AvgIpc) is 3.09. The summed E-state index contributed by atoms with van der Waals surface area (Å²) < 4.78 is 10.7. The van der Waals surface area contributed by atoms with Gasteiger partial charge in [0.05, 0.1) is 19.3 Å². The molecule has 0 spiro atoms. The second-order valence-electron chi connectivity index (χ2n) is 11.9. The van der Waals surface area contributed by atoms with Crippen LogP contribution in [-0.4, -0.2) is 37.5 Å². The van der Waals surface area contributed by atoms with Gasteiger partial charge in [0.2, 0.25) is 0 Å². The van der Waals surface area contributed by atoms with E-state index < -0.39 is 5.60 Å². The Kier molecular flexibility index (Phi) is 6.37. The lowest BCUT2D eigenvalue weighted by Crippen LogP contribution is -2.54. The Morgan fingerprint density at radius 2 is 1.94 bits per heavy atom. The molecule has 0 radical (unpaired) electrons. The molecule has 4 heteroatoms. The van der Waals surface area contributed by atoms with Gasteiger partial charge in [0.25, 0.3) is 0 Å². The number of esters is 1. The lowest BCUT2D eigenvalue weighted by Gasteiger charge is -2.60.